The molecule has 0 amide bonds. The van der Waals surface area contributed by atoms with Crippen LogP contribution in [0.25, 0.3) is 0 Å². The Morgan fingerprint density at radius 1 is 1.07 bits per heavy atom. The summed E-state index contributed by atoms with van der Waals surface area (Å²) in [4.78, 5) is 10.9. The van der Waals surface area contributed by atoms with Crippen LogP contribution in [0, 0.1) is 11.8 Å². The normalized spacial score (nSPS) is 14.4. The van der Waals surface area contributed by atoms with Gasteiger partial charge in [-0.1, -0.05) is 73.4 Å². The van der Waals surface area contributed by atoms with E-state index in [0.717, 1.165) is 12.8 Å². The van der Waals surface area contributed by atoms with Gasteiger partial charge in [0.05, 0.1) is 19.3 Å². The van der Waals surface area contributed by atoms with E-state index in [2.05, 4.69) is 35.7 Å². The molecular formula is C23H32O4. The summed E-state index contributed by atoms with van der Waals surface area (Å²) in [5, 5.41) is 19.7. The Bertz CT molecular complexity index is 585. The molecule has 0 heterocycles. The molecule has 0 aliphatic heterocycles. The van der Waals surface area contributed by atoms with E-state index in [1.807, 2.05) is 24.3 Å². The molecule has 0 fully saturated rings. The highest BCUT2D eigenvalue weighted by Gasteiger charge is 2.10. The van der Waals surface area contributed by atoms with Crippen LogP contribution < -0.4 is 0 Å². The quantitative estimate of drug-likeness (QED) is 0.235. The zero-order chi connectivity index (χ0) is 20.2. The lowest BCUT2D eigenvalue weighted by molar-refractivity contribution is -0.140. The molecule has 4 nitrogen and oxygen atoms in total. The van der Waals surface area contributed by atoms with Crippen LogP contribution in [0.1, 0.15) is 45.4 Å². The molecule has 0 bridgehead atoms. The van der Waals surface area contributed by atoms with Gasteiger partial charge in [0, 0.05) is 12.8 Å². The molecule has 148 valence electrons. The smallest absolute Gasteiger partial charge is 0.305 e. The number of aliphatic hydroxyl groups excluding tert-OH is 2. The Morgan fingerprint density at radius 2 is 1.85 bits per heavy atom. The first kappa shape index (κ1) is 24.7. The molecule has 0 rings (SSSR count). The number of methoxy groups -OCH3 is 1. The van der Waals surface area contributed by atoms with Crippen molar-refractivity contribution in [1.82, 2.24) is 0 Å². The summed E-state index contributed by atoms with van der Waals surface area (Å²) < 4.78 is 4.55. The van der Waals surface area contributed by atoms with E-state index in [1.54, 1.807) is 24.3 Å². The fourth-order valence-electron chi connectivity index (χ4n) is 1.90. The van der Waals surface area contributed by atoms with E-state index in [0.29, 0.717) is 25.7 Å². The monoisotopic (exact) mass is 372 g/mol. The lowest BCUT2D eigenvalue weighted by Gasteiger charge is -2.11. The Balaban J connectivity index is 3.97. The van der Waals surface area contributed by atoms with Crippen LogP contribution in [-0.4, -0.2) is 35.5 Å². The zero-order valence-electron chi connectivity index (χ0n) is 16.4. The second-order valence-corrected chi connectivity index (χ2v) is 5.74. The molecule has 0 saturated heterocycles. The number of aliphatic hydroxyl groups is 2. The van der Waals surface area contributed by atoms with Crippen LogP contribution in [0.4, 0.5) is 0 Å². The van der Waals surface area contributed by atoms with Crippen LogP contribution >= 0.6 is 0 Å². The van der Waals surface area contributed by atoms with Gasteiger partial charge >= 0.3 is 5.97 Å². The highest BCUT2D eigenvalue weighted by Crippen LogP contribution is 2.03. The van der Waals surface area contributed by atoms with E-state index in [1.165, 1.54) is 7.11 Å². The molecule has 27 heavy (non-hydrogen) atoms. The molecule has 0 aromatic rings. The van der Waals surface area contributed by atoms with Crippen molar-refractivity contribution in [2.24, 2.45) is 0 Å². The SMILES string of the molecule is CC/C=C\C/C=C\C[C@H](O)[C@H](O)/C=C/C=C/C#CC/C=C\CCC(=O)OC. The summed E-state index contributed by atoms with van der Waals surface area (Å²) in [5.41, 5.74) is 0. The second kappa shape index (κ2) is 18.4. The first-order valence-electron chi connectivity index (χ1n) is 9.31. The number of hydrogen-bond donors (Lipinski definition) is 2. The van der Waals surface area contributed by atoms with E-state index < -0.39 is 12.2 Å². The van der Waals surface area contributed by atoms with E-state index in [-0.39, 0.29) is 5.97 Å². The third-order valence-corrected chi connectivity index (χ3v) is 3.44. The van der Waals surface area contributed by atoms with Gasteiger partial charge in [-0.05, 0) is 31.8 Å². The molecule has 0 aromatic heterocycles. The average Bonchev–Trinajstić information content (AvgIpc) is 2.68. The van der Waals surface area contributed by atoms with Crippen LogP contribution in [-0.2, 0) is 9.53 Å². The van der Waals surface area contributed by atoms with Gasteiger partial charge in [-0.2, -0.15) is 0 Å². The number of rotatable bonds is 12. The summed E-state index contributed by atoms with van der Waals surface area (Å²) in [6.45, 7) is 2.08. The third kappa shape index (κ3) is 16.8. The van der Waals surface area contributed by atoms with E-state index in [4.69, 9.17) is 0 Å². The Hall–Kier alpha value is -2.35. The highest BCUT2D eigenvalue weighted by molar-refractivity contribution is 5.69. The van der Waals surface area contributed by atoms with Gasteiger partial charge in [0.25, 0.3) is 0 Å². The first-order valence-corrected chi connectivity index (χ1v) is 9.31. The molecule has 0 saturated carbocycles. The molecule has 0 spiro atoms. The van der Waals surface area contributed by atoms with Crippen molar-refractivity contribution in [3.05, 3.63) is 60.8 Å². The zero-order valence-corrected chi connectivity index (χ0v) is 16.4. The fourth-order valence-corrected chi connectivity index (χ4v) is 1.90. The van der Waals surface area contributed by atoms with Gasteiger partial charge in [0.15, 0.2) is 0 Å². The lowest BCUT2D eigenvalue weighted by Crippen LogP contribution is -2.22. The van der Waals surface area contributed by atoms with Crippen LogP contribution in [0.5, 0.6) is 0 Å². The van der Waals surface area contributed by atoms with Gasteiger partial charge < -0.3 is 14.9 Å². The van der Waals surface area contributed by atoms with Crippen molar-refractivity contribution in [3.8, 4) is 11.8 Å². The van der Waals surface area contributed by atoms with Crippen molar-refractivity contribution in [1.29, 1.82) is 0 Å². The van der Waals surface area contributed by atoms with Crippen molar-refractivity contribution < 1.29 is 19.7 Å². The largest absolute Gasteiger partial charge is 0.469 e. The van der Waals surface area contributed by atoms with Gasteiger partial charge in [-0.25, -0.2) is 0 Å². The maximum absolute atomic E-state index is 10.9. The van der Waals surface area contributed by atoms with Crippen molar-refractivity contribution in [3.63, 3.8) is 0 Å². The molecule has 2 atom stereocenters. The molecule has 2 N–H and O–H groups in total. The van der Waals surface area contributed by atoms with E-state index >= 15 is 0 Å². The maximum Gasteiger partial charge on any atom is 0.305 e. The van der Waals surface area contributed by atoms with Crippen molar-refractivity contribution >= 4 is 5.97 Å². The number of carbonyl (C=O) groups excluding carboxylic acids is 1. The van der Waals surface area contributed by atoms with Gasteiger partial charge in [-0.3, -0.25) is 4.79 Å². The van der Waals surface area contributed by atoms with Crippen LogP contribution in [0.2, 0.25) is 0 Å². The number of allylic oxidation sites excluding steroid dienone is 8. The number of ether oxygens (including phenoxy) is 1. The first-order chi connectivity index (χ1) is 13.1. The second-order valence-electron chi connectivity index (χ2n) is 5.74. The van der Waals surface area contributed by atoms with E-state index in [9.17, 15) is 15.0 Å². The molecule has 0 radical (unpaired) electrons. The summed E-state index contributed by atoms with van der Waals surface area (Å²) in [5.74, 6) is 5.60. The average molecular weight is 373 g/mol. The summed E-state index contributed by atoms with van der Waals surface area (Å²) >= 11 is 0. The minimum Gasteiger partial charge on any atom is -0.469 e. The lowest BCUT2D eigenvalue weighted by atomic mass is 10.1. The maximum atomic E-state index is 10.9. The van der Waals surface area contributed by atoms with Gasteiger partial charge in [0.2, 0.25) is 0 Å². The molecule has 4 heteroatoms. The number of carbonyl (C=O) groups is 1. The molecule has 0 aliphatic carbocycles. The molecule has 0 unspecified atom stereocenters. The van der Waals surface area contributed by atoms with Gasteiger partial charge in [-0.15, -0.1) is 0 Å². The summed E-state index contributed by atoms with van der Waals surface area (Å²) in [6.07, 6.45) is 20.6. The predicted octanol–water partition coefficient (Wildman–Crippen LogP) is 4.03. The highest BCUT2D eigenvalue weighted by atomic mass is 16.5. The third-order valence-electron chi connectivity index (χ3n) is 3.44. The predicted molar refractivity (Wildman–Crippen MR) is 111 cm³/mol. The van der Waals surface area contributed by atoms with Crippen molar-refractivity contribution in [2.45, 2.75) is 57.7 Å². The van der Waals surface area contributed by atoms with Gasteiger partial charge in [0.1, 0.15) is 0 Å². The number of hydrogen-bond acceptors (Lipinski definition) is 4. The van der Waals surface area contributed by atoms with Crippen LogP contribution in [0.15, 0.2) is 60.8 Å². The number of esters is 1. The topological polar surface area (TPSA) is 66.8 Å². The molecule has 0 aromatic carbocycles. The Morgan fingerprint density at radius 3 is 2.59 bits per heavy atom. The minimum absolute atomic E-state index is 0.215. The Labute approximate surface area is 163 Å². The summed E-state index contributed by atoms with van der Waals surface area (Å²) in [7, 11) is 1.38. The Kier molecular flexibility index (Phi) is 16.8. The van der Waals surface area contributed by atoms with Crippen molar-refractivity contribution in [2.75, 3.05) is 7.11 Å². The standard InChI is InChI=1S/C23H32O4/c1-3-4-5-6-12-15-18-21(24)22(25)19-16-13-10-8-7-9-11-14-17-20-23(26)27-2/h4-5,10-16,19,21-22,24-25H,3,6,9,17-18,20H2,1-2H3/b5-4-,13-10+,14-11-,15-12-,19-16+/t21-,22+/m0/s1. The summed E-state index contributed by atoms with van der Waals surface area (Å²) in [6, 6.07) is 0. The minimum atomic E-state index is -0.906. The molecular weight excluding hydrogens is 340 g/mol. The molecule has 0 aliphatic rings. The fraction of sp³-hybridized carbons (Fsp3) is 0.435. The van der Waals surface area contributed by atoms with Crippen LogP contribution in [0.3, 0.4) is 0 Å².